The van der Waals surface area contributed by atoms with Crippen molar-refractivity contribution in [2.45, 2.75) is 20.8 Å². The van der Waals surface area contributed by atoms with Gasteiger partial charge in [0.15, 0.2) is 0 Å². The lowest BCUT2D eigenvalue weighted by atomic mass is 10.5. The van der Waals surface area contributed by atoms with E-state index in [4.69, 9.17) is 0 Å². The van der Waals surface area contributed by atoms with Crippen molar-refractivity contribution in [2.75, 3.05) is 6.54 Å². The van der Waals surface area contributed by atoms with Gasteiger partial charge in [-0.2, -0.15) is 12.8 Å². The van der Waals surface area contributed by atoms with Crippen LogP contribution < -0.4 is 0 Å². The number of nitrogens with zero attached hydrogens (tertiary/aromatic N) is 1. The van der Waals surface area contributed by atoms with E-state index in [2.05, 4.69) is 4.36 Å². The fraction of sp³-hybridized carbons (Fsp3) is 1.00. The highest BCUT2D eigenvalue weighted by molar-refractivity contribution is 7.61. The highest BCUT2D eigenvalue weighted by Crippen LogP contribution is 1.73. The zero-order valence-electron chi connectivity index (χ0n) is 4.09. The van der Waals surface area contributed by atoms with Gasteiger partial charge in [-0.25, -0.2) is 0 Å². The van der Waals surface area contributed by atoms with Crippen LogP contribution >= 0.6 is 0 Å². The van der Waals surface area contributed by atoms with Gasteiger partial charge < -0.3 is 0 Å². The monoisotopic (exact) mass is 137 g/mol. The number of rotatable bonds is 2. The molecule has 0 rings (SSSR count). The number of hydrogen-bond donors (Lipinski definition) is 0. The molecule has 0 fully saturated rings. The third-order valence-electron chi connectivity index (χ3n) is 0.420. The Morgan fingerprint density at radius 2 is 2.00 bits per heavy atom. The van der Waals surface area contributed by atoms with Crippen molar-refractivity contribution in [1.82, 2.24) is 0 Å². The van der Waals surface area contributed by atoms with Crippen molar-refractivity contribution in [3.05, 3.63) is 0 Å². The first-order chi connectivity index (χ1) is 3.27. The second kappa shape index (κ2) is 6.62. The summed E-state index contributed by atoms with van der Waals surface area (Å²) in [4.78, 5) is 0. The highest BCUT2D eigenvalue weighted by Gasteiger charge is 1.70. The Morgan fingerprint density at radius 1 is 1.50 bits per heavy atom. The van der Waals surface area contributed by atoms with Crippen LogP contribution in [0.25, 0.3) is 0 Å². The van der Waals surface area contributed by atoms with Crippen LogP contribution in [0.2, 0.25) is 0 Å². The summed E-state index contributed by atoms with van der Waals surface area (Å²) in [6, 6.07) is 0. The molecule has 4 heteroatoms. The van der Waals surface area contributed by atoms with E-state index < -0.39 is 10.5 Å². The van der Waals surface area contributed by atoms with E-state index in [1.807, 2.05) is 6.92 Å². The van der Waals surface area contributed by atoms with Gasteiger partial charge in [-0.15, -0.1) is 0 Å². The number of hydrogen-bond acceptors (Lipinski definition) is 3. The summed E-state index contributed by atoms with van der Waals surface area (Å²) in [6.45, 7) is 2.28. The van der Waals surface area contributed by atoms with Gasteiger partial charge in [-0.1, -0.05) is 14.4 Å². The molecule has 0 radical (unpaired) electrons. The van der Waals surface area contributed by atoms with Crippen LogP contribution in [0.3, 0.4) is 0 Å². The standard InChI is InChI=1S/C3H7NO2S.CH4/c1-2-3-4-7(5)6;/h2-3H2,1H3;1H4. The Hall–Kier alpha value is -0.380. The molecule has 0 bridgehead atoms. The van der Waals surface area contributed by atoms with E-state index in [0.29, 0.717) is 6.54 Å². The van der Waals surface area contributed by atoms with E-state index >= 15 is 0 Å². The van der Waals surface area contributed by atoms with Crippen LogP contribution in [0.4, 0.5) is 0 Å². The van der Waals surface area contributed by atoms with Crippen LogP contribution in [0.5, 0.6) is 0 Å². The first-order valence-corrected chi connectivity index (χ1v) is 3.07. The topological polar surface area (TPSA) is 46.5 Å². The lowest BCUT2D eigenvalue weighted by Gasteiger charge is -1.72. The van der Waals surface area contributed by atoms with Crippen molar-refractivity contribution in [1.29, 1.82) is 0 Å². The molecule has 0 aliphatic heterocycles. The van der Waals surface area contributed by atoms with Gasteiger partial charge in [0.05, 0.1) is 6.54 Å². The minimum atomic E-state index is -2.19. The molecule has 0 spiro atoms. The SMILES string of the molecule is C.CCCN=S(=O)=O. The Bertz CT molecular complexity index is 139. The predicted octanol–water partition coefficient (Wildman–Crippen LogP) is 1.10. The second-order valence-corrected chi connectivity index (χ2v) is 1.76. The largest absolute Gasteiger partial charge is 0.311 e. The molecule has 0 saturated carbocycles. The summed E-state index contributed by atoms with van der Waals surface area (Å²) in [7, 11) is -2.19. The molecule has 0 aromatic carbocycles. The normalized spacial score (nSPS) is 7.12. The average molecular weight is 137 g/mol. The zero-order valence-corrected chi connectivity index (χ0v) is 4.90. The summed E-state index contributed by atoms with van der Waals surface area (Å²) >= 11 is 0. The highest BCUT2D eigenvalue weighted by atomic mass is 32.2. The predicted molar refractivity (Wildman–Crippen MR) is 33.2 cm³/mol. The minimum absolute atomic E-state index is 0. The molecule has 50 valence electrons. The molecule has 0 saturated heterocycles. The summed E-state index contributed by atoms with van der Waals surface area (Å²) in [5, 5.41) is 0. The molecule has 0 N–H and O–H groups in total. The van der Waals surface area contributed by atoms with Crippen molar-refractivity contribution >= 4 is 10.5 Å². The summed E-state index contributed by atoms with van der Waals surface area (Å²) < 4.78 is 22.3. The van der Waals surface area contributed by atoms with Crippen molar-refractivity contribution in [2.24, 2.45) is 4.36 Å². The molecule has 0 atom stereocenters. The summed E-state index contributed by atoms with van der Waals surface area (Å²) in [6.07, 6.45) is 0.786. The molecule has 0 unspecified atom stereocenters. The van der Waals surface area contributed by atoms with E-state index in [1.54, 1.807) is 0 Å². The first-order valence-electron chi connectivity index (χ1n) is 2.04. The average Bonchev–Trinajstić information content (AvgIpc) is 1.61. The van der Waals surface area contributed by atoms with Crippen LogP contribution in [0, 0.1) is 0 Å². The Balaban J connectivity index is 0. The van der Waals surface area contributed by atoms with Crippen LogP contribution in [-0.4, -0.2) is 15.0 Å². The van der Waals surface area contributed by atoms with Crippen LogP contribution in [0.15, 0.2) is 4.36 Å². The molecule has 0 amide bonds. The molecule has 0 aliphatic rings. The Kier molecular flexibility index (Phi) is 8.75. The lowest BCUT2D eigenvalue weighted by molar-refractivity contribution is 0.620. The molecule has 0 heterocycles. The van der Waals surface area contributed by atoms with E-state index in [0.717, 1.165) is 6.42 Å². The van der Waals surface area contributed by atoms with Gasteiger partial charge in [0.25, 0.3) is 0 Å². The smallest absolute Gasteiger partial charge is 0.172 e. The maximum atomic E-state index is 9.59. The third-order valence-corrected chi connectivity index (χ3v) is 0.814. The van der Waals surface area contributed by atoms with Gasteiger partial charge in [-0.05, 0) is 6.42 Å². The molecule has 0 aromatic heterocycles. The molecular formula is C4H11NO2S. The van der Waals surface area contributed by atoms with E-state index in [-0.39, 0.29) is 7.43 Å². The fourth-order valence-corrected chi connectivity index (χ4v) is 0.497. The van der Waals surface area contributed by atoms with Gasteiger partial charge in [0.2, 0.25) is 0 Å². The molecule has 0 aromatic rings. The summed E-state index contributed by atoms with van der Waals surface area (Å²) in [5.41, 5.74) is 0. The minimum Gasteiger partial charge on any atom is -0.172 e. The Morgan fingerprint density at radius 3 is 2.12 bits per heavy atom. The maximum absolute atomic E-state index is 9.59. The van der Waals surface area contributed by atoms with Crippen molar-refractivity contribution in [3.63, 3.8) is 0 Å². The maximum Gasteiger partial charge on any atom is 0.311 e. The summed E-state index contributed by atoms with van der Waals surface area (Å²) in [5.74, 6) is 0. The third kappa shape index (κ3) is 9.15. The quantitative estimate of drug-likeness (QED) is 0.572. The second-order valence-electron chi connectivity index (χ2n) is 1.07. The van der Waals surface area contributed by atoms with Gasteiger partial charge >= 0.3 is 10.5 Å². The molecule has 3 nitrogen and oxygen atoms in total. The van der Waals surface area contributed by atoms with Gasteiger partial charge in [0, 0.05) is 0 Å². The Labute approximate surface area is 51.4 Å². The van der Waals surface area contributed by atoms with Crippen molar-refractivity contribution < 1.29 is 8.42 Å². The molecular weight excluding hydrogens is 126 g/mol. The van der Waals surface area contributed by atoms with Gasteiger partial charge in [0.1, 0.15) is 0 Å². The van der Waals surface area contributed by atoms with E-state index in [9.17, 15) is 8.42 Å². The van der Waals surface area contributed by atoms with E-state index in [1.165, 1.54) is 0 Å². The first kappa shape index (κ1) is 10.6. The van der Waals surface area contributed by atoms with Crippen LogP contribution in [-0.2, 0) is 10.5 Å². The fourth-order valence-electron chi connectivity index (χ4n) is 0.166. The van der Waals surface area contributed by atoms with Crippen molar-refractivity contribution in [3.8, 4) is 0 Å². The molecule has 0 aliphatic carbocycles. The van der Waals surface area contributed by atoms with Crippen LogP contribution in [0.1, 0.15) is 20.8 Å². The molecule has 8 heavy (non-hydrogen) atoms. The van der Waals surface area contributed by atoms with Gasteiger partial charge in [-0.3, -0.25) is 0 Å². The zero-order chi connectivity index (χ0) is 5.70. The lowest BCUT2D eigenvalue weighted by Crippen LogP contribution is -1.70.